The predicted molar refractivity (Wildman–Crippen MR) is 82.4 cm³/mol. The van der Waals surface area contributed by atoms with Crippen LogP contribution < -0.4 is 5.32 Å². The molecule has 2 rings (SSSR count). The third-order valence-electron chi connectivity index (χ3n) is 4.37. The van der Waals surface area contributed by atoms with Gasteiger partial charge >= 0.3 is 0 Å². The average molecular weight is 260 g/mol. The zero-order valence-electron chi connectivity index (χ0n) is 12.7. The second-order valence-electron chi connectivity index (χ2n) is 5.89. The number of hydrogen-bond donors (Lipinski definition) is 1. The first-order valence-electron chi connectivity index (χ1n) is 7.72. The first-order chi connectivity index (χ1) is 9.20. The van der Waals surface area contributed by atoms with Crippen molar-refractivity contribution in [3.63, 3.8) is 0 Å². The van der Waals surface area contributed by atoms with Gasteiger partial charge in [-0.15, -0.1) is 0 Å². The number of benzene rings is 1. The minimum atomic E-state index is 0.520. The van der Waals surface area contributed by atoms with Crippen molar-refractivity contribution in [3.05, 3.63) is 35.4 Å². The number of hydrogen-bond acceptors (Lipinski definition) is 2. The van der Waals surface area contributed by atoms with Crippen LogP contribution >= 0.6 is 0 Å². The van der Waals surface area contributed by atoms with E-state index in [0.29, 0.717) is 6.04 Å². The van der Waals surface area contributed by atoms with Gasteiger partial charge in [0.15, 0.2) is 0 Å². The molecular formula is C17H28N2. The molecule has 0 aromatic heterocycles. The van der Waals surface area contributed by atoms with Gasteiger partial charge in [-0.2, -0.15) is 0 Å². The Morgan fingerprint density at radius 3 is 2.89 bits per heavy atom. The molecule has 0 radical (unpaired) electrons. The van der Waals surface area contributed by atoms with Crippen LogP contribution in [0.2, 0.25) is 0 Å². The lowest BCUT2D eigenvalue weighted by Crippen LogP contribution is -2.39. The highest BCUT2D eigenvalue weighted by Gasteiger charge is 2.20. The van der Waals surface area contributed by atoms with Gasteiger partial charge in [-0.3, -0.25) is 4.90 Å². The van der Waals surface area contributed by atoms with Crippen LogP contribution in [-0.2, 0) is 0 Å². The zero-order valence-corrected chi connectivity index (χ0v) is 12.7. The lowest BCUT2D eigenvalue weighted by atomic mass is 9.97. The quantitative estimate of drug-likeness (QED) is 0.873. The van der Waals surface area contributed by atoms with E-state index in [0.717, 1.165) is 12.5 Å². The van der Waals surface area contributed by atoms with Crippen molar-refractivity contribution in [1.82, 2.24) is 10.2 Å². The summed E-state index contributed by atoms with van der Waals surface area (Å²) in [4.78, 5) is 2.62. The molecule has 2 unspecified atom stereocenters. The Balaban J connectivity index is 1.99. The van der Waals surface area contributed by atoms with Crippen molar-refractivity contribution in [2.24, 2.45) is 5.92 Å². The third-order valence-corrected chi connectivity index (χ3v) is 4.37. The summed E-state index contributed by atoms with van der Waals surface area (Å²) in [5.74, 6) is 0.820. The molecule has 1 fully saturated rings. The maximum absolute atomic E-state index is 3.53. The molecule has 0 spiro atoms. The van der Waals surface area contributed by atoms with Crippen molar-refractivity contribution >= 4 is 0 Å². The maximum Gasteiger partial charge on any atom is 0.0319 e. The summed E-state index contributed by atoms with van der Waals surface area (Å²) in [7, 11) is 0. The molecule has 106 valence electrons. The molecule has 1 aliphatic rings. The van der Waals surface area contributed by atoms with Crippen LogP contribution in [0.3, 0.4) is 0 Å². The molecule has 1 aromatic carbocycles. The number of piperidine rings is 1. The predicted octanol–water partition coefficient (Wildman–Crippen LogP) is 3.38. The minimum Gasteiger partial charge on any atom is -0.316 e. The summed E-state index contributed by atoms with van der Waals surface area (Å²) >= 11 is 0. The summed E-state index contributed by atoms with van der Waals surface area (Å²) in [6.45, 7) is 11.5. The highest BCUT2D eigenvalue weighted by Crippen LogP contribution is 2.23. The Morgan fingerprint density at radius 1 is 1.42 bits per heavy atom. The highest BCUT2D eigenvalue weighted by molar-refractivity contribution is 5.24. The molecule has 2 atom stereocenters. The summed E-state index contributed by atoms with van der Waals surface area (Å²) in [5.41, 5.74) is 2.81. The molecule has 0 amide bonds. The van der Waals surface area contributed by atoms with Gasteiger partial charge in [0.25, 0.3) is 0 Å². The Morgan fingerprint density at radius 2 is 2.26 bits per heavy atom. The lowest BCUT2D eigenvalue weighted by Gasteiger charge is -2.33. The molecule has 1 saturated heterocycles. The van der Waals surface area contributed by atoms with Crippen LogP contribution in [0.25, 0.3) is 0 Å². The van der Waals surface area contributed by atoms with E-state index in [-0.39, 0.29) is 0 Å². The SMILES string of the molecule is CCN(CC1CCCNC1)C(C)c1cccc(C)c1. The standard InChI is InChI=1S/C17H28N2/c1-4-19(13-16-8-6-10-18-12-16)15(3)17-9-5-7-14(2)11-17/h5,7,9,11,15-16,18H,4,6,8,10,12-13H2,1-3H3. The molecule has 19 heavy (non-hydrogen) atoms. The minimum absolute atomic E-state index is 0.520. The average Bonchev–Trinajstić information content (AvgIpc) is 2.45. The van der Waals surface area contributed by atoms with E-state index in [9.17, 15) is 0 Å². The van der Waals surface area contributed by atoms with Gasteiger partial charge in [-0.25, -0.2) is 0 Å². The van der Waals surface area contributed by atoms with E-state index in [2.05, 4.69) is 55.3 Å². The van der Waals surface area contributed by atoms with E-state index in [4.69, 9.17) is 0 Å². The Labute approximate surface area is 118 Å². The van der Waals surface area contributed by atoms with Crippen molar-refractivity contribution in [2.75, 3.05) is 26.2 Å². The molecule has 2 nitrogen and oxygen atoms in total. The molecule has 2 heteroatoms. The van der Waals surface area contributed by atoms with Gasteiger partial charge in [0.2, 0.25) is 0 Å². The summed E-state index contributed by atoms with van der Waals surface area (Å²) in [6.07, 6.45) is 2.71. The second-order valence-corrected chi connectivity index (χ2v) is 5.89. The van der Waals surface area contributed by atoms with Gasteiger partial charge in [0.1, 0.15) is 0 Å². The van der Waals surface area contributed by atoms with E-state index >= 15 is 0 Å². The van der Waals surface area contributed by atoms with Crippen LogP contribution in [0.1, 0.15) is 43.9 Å². The number of aryl methyl sites for hydroxylation is 1. The van der Waals surface area contributed by atoms with Gasteiger partial charge < -0.3 is 5.32 Å². The monoisotopic (exact) mass is 260 g/mol. The summed E-state index contributed by atoms with van der Waals surface area (Å²) in [6, 6.07) is 9.47. The first-order valence-corrected chi connectivity index (χ1v) is 7.72. The van der Waals surface area contributed by atoms with E-state index in [1.807, 2.05) is 0 Å². The third kappa shape index (κ3) is 4.05. The van der Waals surface area contributed by atoms with Crippen molar-refractivity contribution in [1.29, 1.82) is 0 Å². The Kier molecular flexibility index (Phi) is 5.41. The molecule has 0 bridgehead atoms. The highest BCUT2D eigenvalue weighted by atomic mass is 15.1. The van der Waals surface area contributed by atoms with Gasteiger partial charge in [-0.1, -0.05) is 36.8 Å². The van der Waals surface area contributed by atoms with Crippen LogP contribution in [0.15, 0.2) is 24.3 Å². The van der Waals surface area contributed by atoms with Gasteiger partial charge in [0, 0.05) is 12.6 Å². The van der Waals surface area contributed by atoms with E-state index < -0.39 is 0 Å². The fourth-order valence-corrected chi connectivity index (χ4v) is 3.11. The molecule has 1 aromatic rings. The van der Waals surface area contributed by atoms with Crippen molar-refractivity contribution < 1.29 is 0 Å². The van der Waals surface area contributed by atoms with Crippen molar-refractivity contribution in [3.8, 4) is 0 Å². The fraction of sp³-hybridized carbons (Fsp3) is 0.647. The van der Waals surface area contributed by atoms with Crippen LogP contribution in [-0.4, -0.2) is 31.1 Å². The Hall–Kier alpha value is -0.860. The number of rotatable bonds is 5. The lowest BCUT2D eigenvalue weighted by molar-refractivity contribution is 0.171. The fourth-order valence-electron chi connectivity index (χ4n) is 3.11. The Bertz CT molecular complexity index is 383. The maximum atomic E-state index is 3.53. The molecule has 1 heterocycles. The largest absolute Gasteiger partial charge is 0.316 e. The smallest absolute Gasteiger partial charge is 0.0319 e. The van der Waals surface area contributed by atoms with Crippen LogP contribution in [0.5, 0.6) is 0 Å². The number of nitrogens with zero attached hydrogens (tertiary/aromatic N) is 1. The first kappa shape index (κ1) is 14.5. The second kappa shape index (κ2) is 7.06. The summed E-state index contributed by atoms with van der Waals surface area (Å²) in [5, 5.41) is 3.53. The topological polar surface area (TPSA) is 15.3 Å². The summed E-state index contributed by atoms with van der Waals surface area (Å²) < 4.78 is 0. The van der Waals surface area contributed by atoms with Crippen molar-refractivity contribution in [2.45, 2.75) is 39.7 Å². The zero-order chi connectivity index (χ0) is 13.7. The normalized spacial score (nSPS) is 21.6. The van der Waals surface area contributed by atoms with Crippen LogP contribution in [0.4, 0.5) is 0 Å². The molecule has 1 aliphatic heterocycles. The molecular weight excluding hydrogens is 232 g/mol. The van der Waals surface area contributed by atoms with E-state index in [1.54, 1.807) is 0 Å². The van der Waals surface area contributed by atoms with Crippen LogP contribution in [0, 0.1) is 12.8 Å². The molecule has 1 N–H and O–H groups in total. The molecule has 0 saturated carbocycles. The molecule has 0 aliphatic carbocycles. The van der Waals surface area contributed by atoms with Gasteiger partial charge in [0.05, 0.1) is 0 Å². The van der Waals surface area contributed by atoms with Gasteiger partial charge in [-0.05, 0) is 57.8 Å². The number of nitrogens with one attached hydrogen (secondary N) is 1. The van der Waals surface area contributed by atoms with E-state index in [1.165, 1.54) is 43.6 Å².